The van der Waals surface area contributed by atoms with Crippen molar-refractivity contribution in [1.29, 1.82) is 0 Å². The predicted molar refractivity (Wildman–Crippen MR) is 54.9 cm³/mol. The zero-order valence-electron chi connectivity index (χ0n) is 7.84. The number of para-hydroxylation sites is 1. The van der Waals surface area contributed by atoms with E-state index in [0.717, 1.165) is 5.56 Å². The molecule has 1 aromatic rings. The van der Waals surface area contributed by atoms with E-state index in [2.05, 4.69) is 32.4 Å². The molecule has 0 aliphatic rings. The van der Waals surface area contributed by atoms with Crippen molar-refractivity contribution in [3.8, 4) is 5.75 Å². The second-order valence-corrected chi connectivity index (χ2v) is 1.94. The molecule has 1 nitrogen and oxygen atoms in total. The first-order valence-electron chi connectivity index (χ1n) is 3.88. The van der Waals surface area contributed by atoms with Crippen LogP contribution in [-0.4, -0.2) is 0 Å². The summed E-state index contributed by atoms with van der Waals surface area (Å²) in [6, 6.07) is 7.43. The summed E-state index contributed by atoms with van der Waals surface area (Å²) in [6.07, 6.45) is 2.80. The van der Waals surface area contributed by atoms with E-state index in [1.165, 1.54) is 0 Å². The van der Waals surface area contributed by atoms with Gasteiger partial charge in [-0.05, 0) is 12.1 Å². The fraction of sp³-hybridized carbons (Fsp3) is 0.0833. The minimum atomic E-state index is 0.684. The van der Waals surface area contributed by atoms with Crippen LogP contribution in [-0.2, 0) is 0 Å². The predicted octanol–water partition coefficient (Wildman–Crippen LogP) is 3.19. The van der Waals surface area contributed by atoms with Crippen molar-refractivity contribution in [3.05, 3.63) is 62.2 Å². The molecule has 67 valence electrons. The maximum Gasteiger partial charge on any atom is 0.127 e. The smallest absolute Gasteiger partial charge is 0.127 e. The molecule has 1 aromatic carbocycles. The van der Waals surface area contributed by atoms with Gasteiger partial charge in [-0.1, -0.05) is 32.6 Å². The van der Waals surface area contributed by atoms with Gasteiger partial charge in [0.25, 0.3) is 0 Å². The Hall–Kier alpha value is -1.46. The summed E-state index contributed by atoms with van der Waals surface area (Å²) in [5, 5.41) is 0. The Bertz CT molecular complexity index is 283. The lowest BCUT2D eigenvalue weighted by molar-refractivity contribution is 0.470. The van der Waals surface area contributed by atoms with Gasteiger partial charge in [-0.2, -0.15) is 0 Å². The van der Waals surface area contributed by atoms with Crippen LogP contribution in [0.2, 0.25) is 0 Å². The molecule has 0 fully saturated rings. The van der Waals surface area contributed by atoms with E-state index in [1.807, 2.05) is 24.3 Å². The number of hydrogen-bond donors (Lipinski definition) is 0. The first-order valence-corrected chi connectivity index (χ1v) is 3.88. The minimum Gasteiger partial charge on any atom is -0.489 e. The fourth-order valence-electron chi connectivity index (χ4n) is 0.791. The highest BCUT2D eigenvalue weighted by Gasteiger charge is 1.95. The normalized spacial score (nSPS) is 7.62. The molecule has 0 atom stereocenters. The molecule has 0 heterocycles. The van der Waals surface area contributed by atoms with Gasteiger partial charge in [0.15, 0.2) is 0 Å². The van der Waals surface area contributed by atoms with Crippen LogP contribution in [0.4, 0.5) is 0 Å². The van der Waals surface area contributed by atoms with Gasteiger partial charge in [-0.3, -0.25) is 0 Å². The van der Waals surface area contributed by atoms with Crippen LogP contribution in [0.3, 0.4) is 0 Å². The molecular weight excluding hydrogens is 160 g/mol. The van der Waals surface area contributed by atoms with E-state index < -0.39 is 0 Å². The van der Waals surface area contributed by atoms with Crippen molar-refractivity contribution in [1.82, 2.24) is 0 Å². The Morgan fingerprint density at radius 3 is 2.38 bits per heavy atom. The third-order valence-corrected chi connectivity index (χ3v) is 1.27. The van der Waals surface area contributed by atoms with Crippen LogP contribution in [0.15, 0.2) is 36.6 Å². The number of ether oxygens (including phenoxy) is 1. The van der Waals surface area contributed by atoms with Crippen LogP contribution in [0.25, 0.3) is 0 Å². The highest BCUT2D eigenvalue weighted by molar-refractivity contribution is 5.37. The van der Waals surface area contributed by atoms with Gasteiger partial charge in [0.2, 0.25) is 0 Å². The Balaban J connectivity index is 0.000000671. The molecule has 1 rings (SSSR count). The number of benzene rings is 1. The van der Waals surface area contributed by atoms with Gasteiger partial charge in [0.1, 0.15) is 12.9 Å². The van der Waals surface area contributed by atoms with Crippen LogP contribution >= 0.6 is 0 Å². The molecule has 0 aliphatic heterocycles. The monoisotopic (exact) mass is 173 g/mol. The number of rotatable bonds is 2. The van der Waals surface area contributed by atoms with Gasteiger partial charge < -0.3 is 4.74 Å². The van der Waals surface area contributed by atoms with Crippen LogP contribution in [0, 0.1) is 20.1 Å². The van der Waals surface area contributed by atoms with E-state index in [0.29, 0.717) is 5.75 Å². The van der Waals surface area contributed by atoms with E-state index in [4.69, 9.17) is 4.74 Å². The summed E-state index contributed by atoms with van der Waals surface area (Å²) in [5.74, 6) is 0.684. The average molecular weight is 173 g/mol. The third-order valence-electron chi connectivity index (χ3n) is 1.27. The molecule has 3 radical (unpaired) electrons. The van der Waals surface area contributed by atoms with E-state index in [1.54, 1.807) is 6.92 Å². The molecule has 0 spiro atoms. The summed E-state index contributed by atoms with van der Waals surface area (Å²) in [5.41, 5.74) is 3.37. The highest BCUT2D eigenvalue weighted by atomic mass is 16.5. The lowest BCUT2D eigenvalue weighted by Gasteiger charge is -2.00. The summed E-state index contributed by atoms with van der Waals surface area (Å²) < 4.78 is 4.82. The second-order valence-electron chi connectivity index (χ2n) is 1.94. The van der Waals surface area contributed by atoms with Crippen molar-refractivity contribution in [3.63, 3.8) is 0 Å². The van der Waals surface area contributed by atoms with Crippen molar-refractivity contribution >= 4 is 0 Å². The SMILES string of the molecule is [CH2]C.[CH2]Oc1ccccc1[C]=C=C. The Kier molecular flexibility index (Phi) is 6.39. The molecule has 1 heteroatoms. The molecule has 0 N–H and O–H groups in total. The van der Waals surface area contributed by atoms with Crippen molar-refractivity contribution in [2.45, 2.75) is 6.92 Å². The minimum absolute atomic E-state index is 0.684. The zero-order chi connectivity index (χ0) is 10.1. The molecule has 0 saturated carbocycles. The maximum absolute atomic E-state index is 4.82. The van der Waals surface area contributed by atoms with Gasteiger partial charge in [-0.15, -0.1) is 5.73 Å². The summed E-state index contributed by atoms with van der Waals surface area (Å²) in [7, 11) is 3.31. The summed E-state index contributed by atoms with van der Waals surface area (Å²) in [6.45, 7) is 8.42. The lowest BCUT2D eigenvalue weighted by Crippen LogP contribution is -1.82. The molecule has 13 heavy (non-hydrogen) atoms. The highest BCUT2D eigenvalue weighted by Crippen LogP contribution is 2.16. The van der Waals surface area contributed by atoms with E-state index in [9.17, 15) is 0 Å². The first-order chi connectivity index (χ1) is 6.38. The zero-order valence-corrected chi connectivity index (χ0v) is 7.84. The van der Waals surface area contributed by atoms with Crippen LogP contribution in [0.1, 0.15) is 12.5 Å². The number of hydrogen-bond acceptors (Lipinski definition) is 1. The third kappa shape index (κ3) is 3.64. The quantitative estimate of drug-likeness (QED) is 0.624. The summed E-state index contributed by atoms with van der Waals surface area (Å²) in [4.78, 5) is 0. The van der Waals surface area contributed by atoms with Gasteiger partial charge in [-0.25, -0.2) is 0 Å². The van der Waals surface area contributed by atoms with Crippen molar-refractivity contribution in [2.75, 3.05) is 0 Å². The molecule has 0 aliphatic carbocycles. The largest absolute Gasteiger partial charge is 0.489 e. The van der Waals surface area contributed by atoms with Gasteiger partial charge >= 0.3 is 0 Å². The Morgan fingerprint density at radius 1 is 1.23 bits per heavy atom. The lowest BCUT2D eigenvalue weighted by atomic mass is 10.2. The molecule has 0 aromatic heterocycles. The van der Waals surface area contributed by atoms with Gasteiger partial charge in [0, 0.05) is 11.6 Å². The summed E-state index contributed by atoms with van der Waals surface area (Å²) >= 11 is 0. The Labute approximate surface area is 80.4 Å². The standard InChI is InChI=1S/C10H8O.C2H5/c1-3-6-9-7-4-5-8-10(9)11-2;1-2/h4-5,7-8H,1-2H2;1H2,2H3. The first kappa shape index (κ1) is 11.5. The van der Waals surface area contributed by atoms with Crippen LogP contribution in [0.5, 0.6) is 5.75 Å². The van der Waals surface area contributed by atoms with E-state index >= 15 is 0 Å². The molecule has 0 saturated heterocycles. The van der Waals surface area contributed by atoms with E-state index in [-0.39, 0.29) is 0 Å². The average Bonchev–Trinajstić information content (AvgIpc) is 2.22. The van der Waals surface area contributed by atoms with Gasteiger partial charge in [0.05, 0.1) is 0 Å². The molecule has 0 bridgehead atoms. The molecular formula is C12H13O. The van der Waals surface area contributed by atoms with Crippen molar-refractivity contribution < 1.29 is 4.74 Å². The molecule has 0 unspecified atom stereocenters. The fourth-order valence-corrected chi connectivity index (χ4v) is 0.791. The van der Waals surface area contributed by atoms with Crippen LogP contribution < -0.4 is 4.74 Å². The van der Waals surface area contributed by atoms with Crippen molar-refractivity contribution in [2.24, 2.45) is 0 Å². The maximum atomic E-state index is 4.82. The topological polar surface area (TPSA) is 9.23 Å². The molecule has 0 amide bonds. The second kappa shape index (κ2) is 7.20. The Morgan fingerprint density at radius 2 is 1.85 bits per heavy atom.